The molecule has 6 aromatic rings. The summed E-state index contributed by atoms with van der Waals surface area (Å²) in [6, 6.07) is 20.5. The number of carbonyl (C=O) groups is 1. The number of ether oxygens (including phenoxy) is 1. The number of aromatic nitrogens is 6. The summed E-state index contributed by atoms with van der Waals surface area (Å²) in [5, 5.41) is 3.81. The summed E-state index contributed by atoms with van der Waals surface area (Å²) in [6.07, 6.45) is 8.69. The van der Waals surface area contributed by atoms with Gasteiger partial charge in [-0.3, -0.25) is 29.2 Å². The molecule has 4 heterocycles. The van der Waals surface area contributed by atoms with Gasteiger partial charge in [0.1, 0.15) is 28.5 Å². The minimum atomic E-state index is -0.588. The molecule has 202 valence electrons. The number of carbonyl (C=O) groups excluding carboxylic acids is 1. The molecule has 0 saturated carbocycles. The number of anilines is 1. The van der Waals surface area contributed by atoms with Gasteiger partial charge < -0.3 is 10.1 Å². The summed E-state index contributed by atoms with van der Waals surface area (Å²) in [5.74, 6) is 0.485. The lowest BCUT2D eigenvalue weighted by Gasteiger charge is -2.10. The molecule has 0 fully saturated rings. The smallest absolute Gasteiger partial charge is 0.285 e. The highest BCUT2D eigenvalue weighted by atomic mass is 16.5. The van der Waals surface area contributed by atoms with Gasteiger partial charge in [0.2, 0.25) is 0 Å². The van der Waals surface area contributed by atoms with Crippen LogP contribution in [0.3, 0.4) is 0 Å². The number of hydrogen-bond acceptors (Lipinski definition) is 7. The van der Waals surface area contributed by atoms with Crippen LogP contribution in [0.1, 0.15) is 21.5 Å². The Labute approximate surface area is 234 Å². The zero-order valence-corrected chi connectivity index (χ0v) is 22.4. The Bertz CT molecular complexity index is 1920. The minimum Gasteiger partial charge on any atom is -0.497 e. The summed E-state index contributed by atoms with van der Waals surface area (Å²) < 4.78 is 8.36. The monoisotopic (exact) mass is 543 g/mol. The molecule has 2 aromatic carbocycles. The summed E-state index contributed by atoms with van der Waals surface area (Å²) in [5.41, 5.74) is 3.74. The van der Waals surface area contributed by atoms with E-state index < -0.39 is 11.5 Å². The number of amides is 1. The van der Waals surface area contributed by atoms with Gasteiger partial charge in [-0.05, 0) is 53.9 Å². The highest BCUT2D eigenvalue weighted by Crippen LogP contribution is 2.25. The molecule has 10 nitrogen and oxygen atoms in total. The average Bonchev–Trinajstić information content (AvgIpc) is 3.28. The van der Waals surface area contributed by atoms with E-state index in [9.17, 15) is 9.59 Å². The first-order valence-corrected chi connectivity index (χ1v) is 12.8. The van der Waals surface area contributed by atoms with Crippen LogP contribution in [-0.2, 0) is 13.5 Å². The molecule has 0 radical (unpaired) electrons. The molecule has 10 heteroatoms. The molecule has 0 saturated heterocycles. The third kappa shape index (κ3) is 4.94. The number of nitrogens with one attached hydrogen (secondary N) is 1. The molecule has 6 rings (SSSR count). The Morgan fingerprint density at radius 2 is 1.78 bits per heavy atom. The van der Waals surface area contributed by atoms with Crippen LogP contribution in [0.5, 0.6) is 5.75 Å². The Balaban J connectivity index is 1.29. The summed E-state index contributed by atoms with van der Waals surface area (Å²) >= 11 is 0. The van der Waals surface area contributed by atoms with E-state index in [-0.39, 0.29) is 5.56 Å². The van der Waals surface area contributed by atoms with Crippen molar-refractivity contribution in [2.24, 2.45) is 7.05 Å². The molecular weight excluding hydrogens is 518 g/mol. The van der Waals surface area contributed by atoms with Crippen LogP contribution >= 0.6 is 0 Å². The van der Waals surface area contributed by atoms with Gasteiger partial charge in [0.25, 0.3) is 11.5 Å². The molecule has 4 aromatic heterocycles. The van der Waals surface area contributed by atoms with Gasteiger partial charge in [-0.1, -0.05) is 24.3 Å². The van der Waals surface area contributed by atoms with Crippen LogP contribution in [0.25, 0.3) is 28.0 Å². The fraction of sp³-hybridized carbons (Fsp3) is 0.0968. The second-order valence-corrected chi connectivity index (χ2v) is 9.33. The Kier molecular flexibility index (Phi) is 6.78. The van der Waals surface area contributed by atoms with E-state index in [4.69, 9.17) is 4.74 Å². The molecule has 1 amide bonds. The van der Waals surface area contributed by atoms with E-state index in [2.05, 4.69) is 25.3 Å². The lowest BCUT2D eigenvalue weighted by molar-refractivity contribution is 0.102. The molecule has 0 aliphatic carbocycles. The van der Waals surface area contributed by atoms with Crippen LogP contribution in [0.15, 0.2) is 103 Å². The molecule has 0 aliphatic rings. The highest BCUT2D eigenvalue weighted by Gasteiger charge is 2.27. The Morgan fingerprint density at radius 1 is 0.927 bits per heavy atom. The van der Waals surface area contributed by atoms with Gasteiger partial charge in [-0.2, -0.15) is 0 Å². The van der Waals surface area contributed by atoms with Gasteiger partial charge in [0, 0.05) is 43.3 Å². The third-order valence-corrected chi connectivity index (χ3v) is 6.80. The van der Waals surface area contributed by atoms with Crippen LogP contribution in [0, 0.1) is 0 Å². The quantitative estimate of drug-likeness (QED) is 0.317. The third-order valence-electron chi connectivity index (χ3n) is 6.80. The summed E-state index contributed by atoms with van der Waals surface area (Å²) in [4.78, 5) is 44.6. The van der Waals surface area contributed by atoms with Gasteiger partial charge >= 0.3 is 0 Å². The molecule has 1 N–H and O–H groups in total. The topological polar surface area (TPSA) is 117 Å². The van der Waals surface area contributed by atoms with E-state index in [1.54, 1.807) is 49.4 Å². The van der Waals surface area contributed by atoms with Crippen molar-refractivity contribution < 1.29 is 9.53 Å². The van der Waals surface area contributed by atoms with E-state index in [1.807, 2.05) is 48.5 Å². The van der Waals surface area contributed by atoms with Gasteiger partial charge in [-0.25, -0.2) is 9.67 Å². The van der Waals surface area contributed by atoms with E-state index >= 15 is 0 Å². The largest absolute Gasteiger partial charge is 0.497 e. The Morgan fingerprint density at radius 3 is 2.51 bits per heavy atom. The number of benzene rings is 2. The van der Waals surface area contributed by atoms with Crippen LogP contribution in [0.2, 0.25) is 0 Å². The highest BCUT2D eigenvalue weighted by molar-refractivity contribution is 6.07. The summed E-state index contributed by atoms with van der Waals surface area (Å²) in [6.45, 7) is 0. The zero-order chi connectivity index (χ0) is 28.3. The Hall–Kier alpha value is -5.64. The lowest BCUT2D eigenvalue weighted by Crippen LogP contribution is -2.25. The number of nitrogens with zero attached hydrogens (tertiary/aromatic N) is 6. The number of para-hydroxylation sites is 1. The van der Waals surface area contributed by atoms with Gasteiger partial charge in [0.05, 0.1) is 24.5 Å². The summed E-state index contributed by atoms with van der Waals surface area (Å²) in [7, 11) is 3.34. The maximum absolute atomic E-state index is 13.6. The fourth-order valence-corrected chi connectivity index (χ4v) is 4.85. The van der Waals surface area contributed by atoms with Crippen LogP contribution in [0.4, 0.5) is 5.82 Å². The van der Waals surface area contributed by atoms with Crippen molar-refractivity contribution >= 4 is 22.6 Å². The van der Waals surface area contributed by atoms with Crippen molar-refractivity contribution in [3.8, 4) is 22.8 Å². The van der Waals surface area contributed by atoms with Crippen molar-refractivity contribution in [1.29, 1.82) is 0 Å². The molecule has 0 bridgehead atoms. The van der Waals surface area contributed by atoms with Crippen molar-refractivity contribution in [2.75, 3.05) is 12.4 Å². The molecule has 0 spiro atoms. The van der Waals surface area contributed by atoms with E-state index in [1.165, 1.54) is 23.3 Å². The second kappa shape index (κ2) is 10.9. The minimum absolute atomic E-state index is 0.0542. The standard InChI is InChI=1S/C31H25N7O3/c1-37-29(26-19-32-14-15-34-26)28(31(40)38(37)22-6-4-3-5-7-22)30(39)36-27-11-8-20(18-35-27)16-21-12-13-33-25-17-23(41-2)9-10-24(21)25/h3-15,17-19H,16H2,1-2H3,(H,35,36,39). The number of fused-ring (bicyclic) bond motifs is 1. The van der Waals surface area contributed by atoms with Gasteiger partial charge in [-0.15, -0.1) is 0 Å². The normalized spacial score (nSPS) is 11.0. The number of pyridine rings is 2. The molecule has 0 atom stereocenters. The lowest BCUT2D eigenvalue weighted by atomic mass is 10.0. The maximum atomic E-state index is 13.6. The first-order valence-electron chi connectivity index (χ1n) is 12.8. The van der Waals surface area contributed by atoms with E-state index in [0.29, 0.717) is 29.3 Å². The van der Waals surface area contributed by atoms with Crippen molar-refractivity contribution in [1.82, 2.24) is 29.3 Å². The van der Waals surface area contributed by atoms with Crippen molar-refractivity contribution in [3.05, 3.63) is 125 Å². The second-order valence-electron chi connectivity index (χ2n) is 9.33. The fourth-order valence-electron chi connectivity index (χ4n) is 4.85. The van der Waals surface area contributed by atoms with Crippen LogP contribution in [-0.4, -0.2) is 42.3 Å². The number of methoxy groups -OCH3 is 1. The molecule has 41 heavy (non-hydrogen) atoms. The first kappa shape index (κ1) is 25.6. The van der Waals surface area contributed by atoms with Crippen molar-refractivity contribution in [3.63, 3.8) is 0 Å². The average molecular weight is 544 g/mol. The van der Waals surface area contributed by atoms with Crippen LogP contribution < -0.4 is 15.6 Å². The van der Waals surface area contributed by atoms with Gasteiger partial charge in [0.15, 0.2) is 0 Å². The van der Waals surface area contributed by atoms with E-state index in [0.717, 1.165) is 27.8 Å². The molecular formula is C31H25N7O3. The number of hydrogen-bond donors (Lipinski definition) is 1. The zero-order valence-electron chi connectivity index (χ0n) is 22.4. The molecule has 0 unspecified atom stereocenters. The SMILES string of the molecule is COc1ccc2c(Cc3ccc(NC(=O)c4c(-c5cnccn5)n(C)n(-c5ccccc5)c4=O)nc3)ccnc2c1. The van der Waals surface area contributed by atoms with Crippen molar-refractivity contribution in [2.45, 2.75) is 6.42 Å². The maximum Gasteiger partial charge on any atom is 0.285 e. The molecule has 0 aliphatic heterocycles. The predicted molar refractivity (Wildman–Crippen MR) is 155 cm³/mol. The number of rotatable bonds is 7. The first-order chi connectivity index (χ1) is 20.0. The predicted octanol–water partition coefficient (Wildman–Crippen LogP) is 4.43.